The van der Waals surface area contributed by atoms with E-state index in [0.717, 1.165) is 16.1 Å². The third kappa shape index (κ3) is 4.40. The molecule has 6 heteroatoms. The first kappa shape index (κ1) is 19.2. The Morgan fingerprint density at radius 2 is 1.89 bits per heavy atom. The molecule has 0 spiro atoms. The SMILES string of the molecule is COCOc1ccc(/C=C/c2nc3cc(C)c(N(C)C)cc3s2)cc1OC. The van der Waals surface area contributed by atoms with Crippen molar-refractivity contribution in [2.45, 2.75) is 6.92 Å². The summed E-state index contributed by atoms with van der Waals surface area (Å²) in [5.41, 5.74) is 4.49. The van der Waals surface area contributed by atoms with E-state index >= 15 is 0 Å². The van der Waals surface area contributed by atoms with Gasteiger partial charge in [0.1, 0.15) is 5.01 Å². The smallest absolute Gasteiger partial charge is 0.188 e. The van der Waals surface area contributed by atoms with Crippen LogP contribution in [0.1, 0.15) is 16.1 Å². The van der Waals surface area contributed by atoms with Crippen molar-refractivity contribution in [1.29, 1.82) is 0 Å². The molecule has 3 aromatic rings. The minimum Gasteiger partial charge on any atom is -0.493 e. The number of aryl methyl sites for hydroxylation is 1. The highest BCUT2D eigenvalue weighted by molar-refractivity contribution is 7.19. The van der Waals surface area contributed by atoms with Crippen LogP contribution in [0.2, 0.25) is 0 Å². The van der Waals surface area contributed by atoms with Crippen LogP contribution in [0.3, 0.4) is 0 Å². The Bertz CT molecular complexity index is 963. The Morgan fingerprint density at radius 3 is 2.59 bits per heavy atom. The van der Waals surface area contributed by atoms with Gasteiger partial charge >= 0.3 is 0 Å². The summed E-state index contributed by atoms with van der Waals surface area (Å²) in [5.74, 6) is 1.33. The zero-order chi connectivity index (χ0) is 19.4. The van der Waals surface area contributed by atoms with Gasteiger partial charge in [0.2, 0.25) is 0 Å². The third-order valence-corrected chi connectivity index (χ3v) is 5.13. The van der Waals surface area contributed by atoms with Gasteiger partial charge in [0.15, 0.2) is 18.3 Å². The maximum absolute atomic E-state index is 5.49. The molecule has 0 aliphatic carbocycles. The number of thiazole rings is 1. The van der Waals surface area contributed by atoms with Gasteiger partial charge in [-0.25, -0.2) is 4.98 Å². The first-order valence-corrected chi connectivity index (χ1v) is 9.40. The molecule has 0 amide bonds. The Labute approximate surface area is 163 Å². The second-order valence-electron chi connectivity index (χ2n) is 6.35. The molecule has 0 radical (unpaired) electrons. The van der Waals surface area contributed by atoms with E-state index in [-0.39, 0.29) is 6.79 Å². The van der Waals surface area contributed by atoms with Crippen LogP contribution in [0.4, 0.5) is 5.69 Å². The Hall–Kier alpha value is -2.57. The number of methoxy groups -OCH3 is 2. The minimum absolute atomic E-state index is 0.186. The number of ether oxygens (including phenoxy) is 3. The average Bonchev–Trinajstić information content (AvgIpc) is 3.05. The Balaban J connectivity index is 1.85. The van der Waals surface area contributed by atoms with Gasteiger partial charge in [-0.05, 0) is 48.4 Å². The number of aromatic nitrogens is 1. The van der Waals surface area contributed by atoms with Crippen molar-refractivity contribution in [3.63, 3.8) is 0 Å². The molecule has 142 valence electrons. The topological polar surface area (TPSA) is 43.8 Å². The first-order chi connectivity index (χ1) is 13.0. The van der Waals surface area contributed by atoms with Crippen molar-refractivity contribution in [2.75, 3.05) is 40.0 Å². The van der Waals surface area contributed by atoms with Crippen LogP contribution in [0, 0.1) is 6.92 Å². The zero-order valence-corrected chi connectivity index (χ0v) is 17.1. The normalized spacial score (nSPS) is 11.3. The lowest BCUT2D eigenvalue weighted by Crippen LogP contribution is -2.09. The third-order valence-electron chi connectivity index (χ3n) is 4.14. The van der Waals surface area contributed by atoms with E-state index in [1.54, 1.807) is 25.6 Å². The van der Waals surface area contributed by atoms with Gasteiger partial charge in [0, 0.05) is 26.9 Å². The van der Waals surface area contributed by atoms with Gasteiger partial charge in [0.25, 0.3) is 0 Å². The molecule has 0 saturated heterocycles. The summed E-state index contributed by atoms with van der Waals surface area (Å²) in [7, 11) is 7.33. The average molecular weight is 385 g/mol. The fourth-order valence-corrected chi connectivity index (χ4v) is 3.72. The van der Waals surface area contributed by atoms with E-state index in [1.807, 2.05) is 30.4 Å². The van der Waals surface area contributed by atoms with Crippen LogP contribution in [0.15, 0.2) is 30.3 Å². The molecule has 0 unspecified atom stereocenters. The number of hydrogen-bond donors (Lipinski definition) is 0. The summed E-state index contributed by atoms with van der Waals surface area (Å²) < 4.78 is 17.0. The van der Waals surface area contributed by atoms with E-state index in [9.17, 15) is 0 Å². The standard InChI is InChI=1S/C21H24N2O3S/c1-14-10-16-20(12-17(14)23(2)3)27-21(22-16)9-7-15-6-8-18(26-13-24-4)19(11-15)25-5/h6-12H,13H2,1-5H3/b9-7+. The quantitative estimate of drug-likeness (QED) is 0.546. The molecule has 0 atom stereocenters. The van der Waals surface area contributed by atoms with Crippen LogP contribution in [-0.2, 0) is 4.74 Å². The monoisotopic (exact) mass is 384 g/mol. The van der Waals surface area contributed by atoms with Crippen molar-refractivity contribution in [3.05, 3.63) is 46.5 Å². The molecule has 0 fully saturated rings. The van der Waals surface area contributed by atoms with E-state index in [1.165, 1.54) is 16.0 Å². The predicted molar refractivity (Wildman–Crippen MR) is 113 cm³/mol. The molecule has 1 aromatic heterocycles. The second kappa shape index (κ2) is 8.41. The van der Waals surface area contributed by atoms with Crippen molar-refractivity contribution >= 4 is 39.4 Å². The van der Waals surface area contributed by atoms with Crippen molar-refractivity contribution < 1.29 is 14.2 Å². The lowest BCUT2D eigenvalue weighted by atomic mass is 10.2. The largest absolute Gasteiger partial charge is 0.493 e. The van der Waals surface area contributed by atoms with Gasteiger partial charge < -0.3 is 19.1 Å². The molecular weight excluding hydrogens is 360 g/mol. The predicted octanol–water partition coefficient (Wildman–Crippen LogP) is 4.83. The van der Waals surface area contributed by atoms with Gasteiger partial charge in [0.05, 0.1) is 17.3 Å². The fourth-order valence-electron chi connectivity index (χ4n) is 2.84. The van der Waals surface area contributed by atoms with Crippen molar-refractivity contribution in [1.82, 2.24) is 4.98 Å². The molecular formula is C21H24N2O3S. The summed E-state index contributed by atoms with van der Waals surface area (Å²) in [4.78, 5) is 6.86. The van der Waals surface area contributed by atoms with Gasteiger partial charge in [-0.15, -0.1) is 11.3 Å². The highest BCUT2D eigenvalue weighted by Crippen LogP contribution is 2.31. The van der Waals surface area contributed by atoms with E-state index in [2.05, 4.69) is 38.1 Å². The summed E-state index contributed by atoms with van der Waals surface area (Å²) >= 11 is 1.68. The number of benzene rings is 2. The Morgan fingerprint density at radius 1 is 1.07 bits per heavy atom. The molecule has 2 aromatic carbocycles. The van der Waals surface area contributed by atoms with E-state index < -0.39 is 0 Å². The lowest BCUT2D eigenvalue weighted by molar-refractivity contribution is 0.0491. The molecule has 1 heterocycles. The molecule has 0 N–H and O–H groups in total. The lowest BCUT2D eigenvalue weighted by Gasteiger charge is -2.15. The summed E-state index contributed by atoms with van der Waals surface area (Å²) in [6.07, 6.45) is 4.06. The summed E-state index contributed by atoms with van der Waals surface area (Å²) in [6, 6.07) is 10.1. The molecule has 3 rings (SSSR count). The van der Waals surface area contributed by atoms with E-state index in [0.29, 0.717) is 11.5 Å². The Kier molecular flexibility index (Phi) is 5.98. The summed E-state index contributed by atoms with van der Waals surface area (Å²) in [6.45, 7) is 2.30. The van der Waals surface area contributed by atoms with Crippen LogP contribution >= 0.6 is 11.3 Å². The molecule has 27 heavy (non-hydrogen) atoms. The van der Waals surface area contributed by atoms with Crippen LogP contribution in [-0.4, -0.2) is 40.1 Å². The number of nitrogens with zero attached hydrogens (tertiary/aromatic N) is 2. The minimum atomic E-state index is 0.186. The maximum Gasteiger partial charge on any atom is 0.188 e. The summed E-state index contributed by atoms with van der Waals surface area (Å²) in [5, 5.41) is 0.971. The van der Waals surface area contributed by atoms with Crippen molar-refractivity contribution in [2.24, 2.45) is 0 Å². The van der Waals surface area contributed by atoms with Gasteiger partial charge in [-0.1, -0.05) is 12.1 Å². The number of fused-ring (bicyclic) bond motifs is 1. The van der Waals surface area contributed by atoms with Crippen molar-refractivity contribution in [3.8, 4) is 11.5 Å². The molecule has 0 aliphatic heterocycles. The van der Waals surface area contributed by atoms with Gasteiger partial charge in [-0.3, -0.25) is 0 Å². The molecule has 0 bridgehead atoms. The van der Waals surface area contributed by atoms with Gasteiger partial charge in [-0.2, -0.15) is 0 Å². The molecule has 5 nitrogen and oxygen atoms in total. The number of anilines is 1. The number of rotatable bonds is 7. The maximum atomic E-state index is 5.49. The van der Waals surface area contributed by atoms with Crippen LogP contribution < -0.4 is 14.4 Å². The second-order valence-corrected chi connectivity index (χ2v) is 7.41. The fraction of sp³-hybridized carbons (Fsp3) is 0.286. The van der Waals surface area contributed by atoms with E-state index in [4.69, 9.17) is 19.2 Å². The number of hydrogen-bond acceptors (Lipinski definition) is 6. The highest BCUT2D eigenvalue weighted by Gasteiger charge is 2.08. The first-order valence-electron chi connectivity index (χ1n) is 8.58. The van der Waals surface area contributed by atoms with Crippen LogP contribution in [0.5, 0.6) is 11.5 Å². The molecule has 0 saturated carbocycles. The van der Waals surface area contributed by atoms with Crippen LogP contribution in [0.25, 0.3) is 22.4 Å². The highest BCUT2D eigenvalue weighted by atomic mass is 32.1. The molecule has 0 aliphatic rings. The zero-order valence-electron chi connectivity index (χ0n) is 16.3.